The zero-order chi connectivity index (χ0) is 16.5. The van der Waals surface area contributed by atoms with Crippen molar-refractivity contribution in [3.8, 4) is 0 Å². The van der Waals surface area contributed by atoms with Gasteiger partial charge in [-0.3, -0.25) is 0 Å². The second-order valence-electron chi connectivity index (χ2n) is 5.66. The summed E-state index contributed by atoms with van der Waals surface area (Å²) in [7, 11) is 0. The van der Waals surface area contributed by atoms with Crippen LogP contribution in [0.15, 0.2) is 58.3 Å². The molecule has 0 aliphatic carbocycles. The Labute approximate surface area is 148 Å². The summed E-state index contributed by atoms with van der Waals surface area (Å²) in [5, 5.41) is 0. The topological polar surface area (TPSA) is 18.5 Å². The van der Waals surface area contributed by atoms with Crippen molar-refractivity contribution in [2.75, 3.05) is 6.61 Å². The largest absolute Gasteiger partial charge is 0.310 e. The van der Waals surface area contributed by atoms with E-state index in [1.54, 1.807) is 0 Å². The fourth-order valence-corrected chi connectivity index (χ4v) is 3.12. The average molecular weight is 349 g/mol. The van der Waals surface area contributed by atoms with Crippen molar-refractivity contribution in [1.82, 2.24) is 0 Å². The summed E-state index contributed by atoms with van der Waals surface area (Å²) in [6.07, 6.45) is 2.20. The van der Waals surface area contributed by atoms with E-state index in [9.17, 15) is 0 Å². The molecule has 2 aromatic carbocycles. The lowest BCUT2D eigenvalue weighted by Crippen LogP contribution is -2.04. The molecule has 0 N–H and O–H groups in total. The first-order valence-corrected chi connectivity index (χ1v) is 9.38. The average Bonchev–Trinajstić information content (AvgIpc) is 2.56. The molecule has 0 aromatic heterocycles. The zero-order valence-corrected chi connectivity index (χ0v) is 15.6. The predicted molar refractivity (Wildman–Crippen MR) is 99.8 cm³/mol. The van der Waals surface area contributed by atoms with Crippen LogP contribution < -0.4 is 0 Å². The minimum absolute atomic E-state index is 0.217. The molecular formula is C19H24O2S2. The maximum atomic E-state index is 5.80. The zero-order valence-electron chi connectivity index (χ0n) is 14.0. The molecule has 2 rings (SSSR count). The number of benzene rings is 2. The van der Waals surface area contributed by atoms with E-state index in [-0.39, 0.29) is 6.10 Å². The highest BCUT2D eigenvalue weighted by atomic mass is 32.2. The molecule has 0 spiro atoms. The molecule has 1 unspecified atom stereocenters. The molecule has 0 bridgehead atoms. The fraction of sp³-hybridized carbons (Fsp3) is 0.368. The fourth-order valence-electron chi connectivity index (χ4n) is 1.91. The van der Waals surface area contributed by atoms with Crippen LogP contribution in [0.3, 0.4) is 0 Å². The molecule has 23 heavy (non-hydrogen) atoms. The second-order valence-corrected chi connectivity index (χ2v) is 7.37. The Kier molecular flexibility index (Phi) is 8.03. The third-order valence-corrected chi connectivity index (χ3v) is 4.98. The van der Waals surface area contributed by atoms with Crippen LogP contribution in [0.1, 0.15) is 30.9 Å². The number of hydrogen-bond acceptors (Lipinski definition) is 4. The van der Waals surface area contributed by atoms with E-state index in [1.165, 1.54) is 35.2 Å². The SMILES string of the molecule is Cc1ccc(SOCCCC(C)OSc2ccc(C)cc2)cc1. The van der Waals surface area contributed by atoms with E-state index in [1.807, 2.05) is 0 Å². The lowest BCUT2D eigenvalue weighted by Gasteiger charge is -2.11. The molecule has 4 heteroatoms. The Morgan fingerprint density at radius 3 is 1.91 bits per heavy atom. The summed E-state index contributed by atoms with van der Waals surface area (Å²) in [6, 6.07) is 16.8. The highest BCUT2D eigenvalue weighted by molar-refractivity contribution is 7.95. The van der Waals surface area contributed by atoms with E-state index in [0.717, 1.165) is 29.2 Å². The lowest BCUT2D eigenvalue weighted by molar-refractivity contribution is 0.232. The summed E-state index contributed by atoms with van der Waals surface area (Å²) in [4.78, 5) is 2.29. The molecule has 1 atom stereocenters. The van der Waals surface area contributed by atoms with E-state index in [2.05, 4.69) is 69.3 Å². The highest BCUT2D eigenvalue weighted by Gasteiger charge is 2.04. The van der Waals surface area contributed by atoms with E-state index in [0.29, 0.717) is 0 Å². The minimum Gasteiger partial charge on any atom is -0.310 e. The molecule has 0 amide bonds. The Balaban J connectivity index is 1.55. The Morgan fingerprint density at radius 2 is 1.35 bits per heavy atom. The van der Waals surface area contributed by atoms with Crippen LogP contribution in [0.2, 0.25) is 0 Å². The van der Waals surface area contributed by atoms with Crippen molar-refractivity contribution in [2.45, 2.75) is 49.5 Å². The quantitative estimate of drug-likeness (QED) is 0.395. The van der Waals surface area contributed by atoms with Gasteiger partial charge < -0.3 is 8.37 Å². The molecule has 0 fully saturated rings. The first-order chi connectivity index (χ1) is 11.1. The first kappa shape index (κ1) is 18.4. The second kappa shape index (κ2) is 10.0. The lowest BCUT2D eigenvalue weighted by atomic mass is 10.2. The van der Waals surface area contributed by atoms with Gasteiger partial charge in [-0.05, 0) is 57.9 Å². The van der Waals surface area contributed by atoms with Crippen molar-refractivity contribution in [3.63, 3.8) is 0 Å². The van der Waals surface area contributed by atoms with Crippen LogP contribution in [0, 0.1) is 13.8 Å². The Hall–Kier alpha value is -0.940. The molecule has 2 nitrogen and oxygen atoms in total. The van der Waals surface area contributed by atoms with Gasteiger partial charge in [0.1, 0.15) is 0 Å². The van der Waals surface area contributed by atoms with Crippen molar-refractivity contribution in [2.24, 2.45) is 0 Å². The molecule has 0 saturated heterocycles. The van der Waals surface area contributed by atoms with E-state index < -0.39 is 0 Å². The molecule has 0 saturated carbocycles. The summed E-state index contributed by atoms with van der Waals surface area (Å²) >= 11 is 2.90. The van der Waals surface area contributed by atoms with Gasteiger partial charge in [-0.25, -0.2) is 0 Å². The molecule has 2 aromatic rings. The first-order valence-electron chi connectivity index (χ1n) is 7.89. The minimum atomic E-state index is 0.217. The van der Waals surface area contributed by atoms with Crippen molar-refractivity contribution in [1.29, 1.82) is 0 Å². The summed E-state index contributed by atoms with van der Waals surface area (Å²) in [5.41, 5.74) is 2.54. The van der Waals surface area contributed by atoms with Gasteiger partial charge in [-0.2, -0.15) is 0 Å². The maximum absolute atomic E-state index is 5.80. The van der Waals surface area contributed by atoms with E-state index >= 15 is 0 Å². The van der Waals surface area contributed by atoms with Crippen LogP contribution >= 0.6 is 24.1 Å². The van der Waals surface area contributed by atoms with Crippen LogP contribution in [0.25, 0.3) is 0 Å². The van der Waals surface area contributed by atoms with Gasteiger partial charge in [0.2, 0.25) is 0 Å². The molecule has 0 radical (unpaired) electrons. The van der Waals surface area contributed by atoms with Gasteiger partial charge >= 0.3 is 0 Å². The smallest absolute Gasteiger partial charge is 0.0699 e. The summed E-state index contributed by atoms with van der Waals surface area (Å²) in [6.45, 7) is 7.02. The number of rotatable bonds is 9. The van der Waals surface area contributed by atoms with Gasteiger partial charge in [0, 0.05) is 33.9 Å². The monoisotopic (exact) mass is 348 g/mol. The normalized spacial score (nSPS) is 12.3. The van der Waals surface area contributed by atoms with E-state index in [4.69, 9.17) is 8.37 Å². The molecule has 0 heterocycles. The Bertz CT molecular complexity index is 567. The van der Waals surface area contributed by atoms with Crippen LogP contribution in [0.4, 0.5) is 0 Å². The van der Waals surface area contributed by atoms with Crippen LogP contribution in [0.5, 0.6) is 0 Å². The predicted octanol–water partition coefficient (Wildman–Crippen LogP) is 6.22. The van der Waals surface area contributed by atoms with Gasteiger partial charge in [-0.1, -0.05) is 35.4 Å². The van der Waals surface area contributed by atoms with Crippen LogP contribution in [-0.4, -0.2) is 12.7 Å². The maximum Gasteiger partial charge on any atom is 0.0699 e. The molecule has 124 valence electrons. The van der Waals surface area contributed by atoms with Crippen molar-refractivity contribution in [3.05, 3.63) is 59.7 Å². The standard InChI is InChI=1S/C19H24O2S2/c1-15-6-10-18(11-7-15)22-20-14-4-5-17(3)21-23-19-12-8-16(2)9-13-19/h6-13,17H,4-5,14H2,1-3H3. The third-order valence-electron chi connectivity index (χ3n) is 3.34. The van der Waals surface area contributed by atoms with Crippen molar-refractivity contribution < 1.29 is 8.37 Å². The number of aryl methyl sites for hydroxylation is 2. The third kappa shape index (κ3) is 7.44. The molecule has 0 aliphatic heterocycles. The molecular weight excluding hydrogens is 324 g/mol. The van der Waals surface area contributed by atoms with Crippen molar-refractivity contribution >= 4 is 24.1 Å². The van der Waals surface area contributed by atoms with Gasteiger partial charge in [-0.15, -0.1) is 0 Å². The van der Waals surface area contributed by atoms with Crippen LogP contribution in [-0.2, 0) is 8.37 Å². The van der Waals surface area contributed by atoms with Gasteiger partial charge in [0.25, 0.3) is 0 Å². The highest BCUT2D eigenvalue weighted by Crippen LogP contribution is 2.23. The van der Waals surface area contributed by atoms with Gasteiger partial charge in [0.05, 0.1) is 12.7 Å². The number of hydrogen-bond donors (Lipinski definition) is 0. The summed E-state index contributed by atoms with van der Waals surface area (Å²) in [5.74, 6) is 0. The molecule has 0 aliphatic rings. The summed E-state index contributed by atoms with van der Waals surface area (Å²) < 4.78 is 11.4. The Morgan fingerprint density at radius 1 is 0.826 bits per heavy atom. The van der Waals surface area contributed by atoms with Gasteiger partial charge in [0.15, 0.2) is 0 Å².